The summed E-state index contributed by atoms with van der Waals surface area (Å²) in [5.41, 5.74) is 1.51. The topological polar surface area (TPSA) is 76.7 Å². The van der Waals surface area contributed by atoms with Crippen LogP contribution in [0.25, 0.3) is 0 Å². The number of hydrogen-bond acceptors (Lipinski definition) is 4. The summed E-state index contributed by atoms with van der Waals surface area (Å²) in [4.78, 5) is 25.2. The number of carbonyl (C=O) groups excluding carboxylic acids is 2. The van der Waals surface area contributed by atoms with Gasteiger partial charge in [0.2, 0.25) is 0 Å². The zero-order valence-corrected chi connectivity index (χ0v) is 18.7. The SMILES string of the molecule is CCCCC1=C(C(=O)OC(C)C)C(c2cc(Cl)c(OCCC)c(Cl)c2)NC(=O)N1. The van der Waals surface area contributed by atoms with E-state index in [1.165, 1.54) is 0 Å². The Morgan fingerprint density at radius 1 is 1.17 bits per heavy atom. The van der Waals surface area contributed by atoms with Crippen LogP contribution in [0.2, 0.25) is 10.0 Å². The first-order valence-electron chi connectivity index (χ1n) is 9.91. The lowest BCUT2D eigenvalue weighted by Crippen LogP contribution is -2.46. The van der Waals surface area contributed by atoms with Crippen LogP contribution in [0.1, 0.15) is 65.0 Å². The molecule has 1 aromatic carbocycles. The number of benzene rings is 1. The molecule has 0 saturated carbocycles. The van der Waals surface area contributed by atoms with Gasteiger partial charge < -0.3 is 20.1 Å². The summed E-state index contributed by atoms with van der Waals surface area (Å²) in [5, 5.41) is 6.19. The first-order valence-corrected chi connectivity index (χ1v) is 10.7. The van der Waals surface area contributed by atoms with Crippen LogP contribution in [0.15, 0.2) is 23.4 Å². The van der Waals surface area contributed by atoms with Crippen LogP contribution in [0, 0.1) is 0 Å². The maximum absolute atomic E-state index is 12.9. The summed E-state index contributed by atoms with van der Waals surface area (Å²) in [6.45, 7) is 8.07. The van der Waals surface area contributed by atoms with E-state index >= 15 is 0 Å². The molecule has 1 aliphatic rings. The minimum Gasteiger partial charge on any atom is -0.490 e. The molecular formula is C21H28Cl2N2O4. The van der Waals surface area contributed by atoms with E-state index in [4.69, 9.17) is 32.7 Å². The normalized spacial score (nSPS) is 16.5. The molecule has 1 aromatic rings. The number of amides is 2. The fourth-order valence-corrected chi connectivity index (χ4v) is 3.64. The Kier molecular flexibility index (Phi) is 8.65. The van der Waals surface area contributed by atoms with Gasteiger partial charge in [0.05, 0.1) is 34.4 Å². The molecule has 0 fully saturated rings. The minimum absolute atomic E-state index is 0.294. The van der Waals surface area contributed by atoms with Crippen molar-refractivity contribution in [2.24, 2.45) is 0 Å². The molecule has 0 spiro atoms. The third-order valence-corrected chi connectivity index (χ3v) is 4.86. The van der Waals surface area contributed by atoms with Crippen LogP contribution < -0.4 is 15.4 Å². The van der Waals surface area contributed by atoms with E-state index in [0.29, 0.717) is 45.7 Å². The highest BCUT2D eigenvalue weighted by Crippen LogP contribution is 2.39. The van der Waals surface area contributed by atoms with Crippen LogP contribution >= 0.6 is 23.2 Å². The summed E-state index contributed by atoms with van der Waals surface area (Å²) < 4.78 is 11.1. The van der Waals surface area contributed by atoms with Crippen molar-refractivity contribution in [1.29, 1.82) is 0 Å². The van der Waals surface area contributed by atoms with Gasteiger partial charge in [0.15, 0.2) is 5.75 Å². The van der Waals surface area contributed by atoms with E-state index in [2.05, 4.69) is 10.6 Å². The van der Waals surface area contributed by atoms with E-state index in [9.17, 15) is 9.59 Å². The minimum atomic E-state index is -0.725. The van der Waals surface area contributed by atoms with Crippen LogP contribution in [0.5, 0.6) is 5.75 Å². The Labute approximate surface area is 181 Å². The molecule has 0 aliphatic carbocycles. The van der Waals surface area contributed by atoms with Crippen LogP contribution in [-0.2, 0) is 9.53 Å². The number of carbonyl (C=O) groups is 2. The van der Waals surface area contributed by atoms with Crippen molar-refractivity contribution in [3.8, 4) is 5.75 Å². The second kappa shape index (κ2) is 10.7. The third-order valence-electron chi connectivity index (χ3n) is 4.30. The first-order chi connectivity index (χ1) is 13.8. The molecule has 0 saturated heterocycles. The Bertz CT molecular complexity index is 770. The van der Waals surface area contributed by atoms with Gasteiger partial charge >= 0.3 is 12.0 Å². The van der Waals surface area contributed by atoms with E-state index in [0.717, 1.165) is 19.3 Å². The third kappa shape index (κ3) is 6.03. The fraction of sp³-hybridized carbons (Fsp3) is 0.524. The summed E-state index contributed by atoms with van der Waals surface area (Å²) >= 11 is 12.8. The molecule has 0 radical (unpaired) electrons. The van der Waals surface area contributed by atoms with Gasteiger partial charge in [0.25, 0.3) is 0 Å². The van der Waals surface area contributed by atoms with Gasteiger partial charge in [0, 0.05) is 5.70 Å². The molecule has 29 heavy (non-hydrogen) atoms. The lowest BCUT2D eigenvalue weighted by atomic mass is 9.93. The second-order valence-corrected chi connectivity index (χ2v) is 7.96. The highest BCUT2D eigenvalue weighted by Gasteiger charge is 2.34. The predicted octanol–water partition coefficient (Wildman–Crippen LogP) is 5.53. The van der Waals surface area contributed by atoms with Gasteiger partial charge in [-0.2, -0.15) is 0 Å². The number of rotatable bonds is 9. The van der Waals surface area contributed by atoms with Crippen LogP contribution in [0.4, 0.5) is 4.79 Å². The van der Waals surface area contributed by atoms with E-state index in [1.54, 1.807) is 26.0 Å². The average molecular weight is 443 g/mol. The monoisotopic (exact) mass is 442 g/mol. The quantitative estimate of drug-likeness (QED) is 0.492. The molecule has 1 atom stereocenters. The van der Waals surface area contributed by atoms with Crippen molar-refractivity contribution in [1.82, 2.24) is 10.6 Å². The molecule has 2 rings (SSSR count). The molecule has 0 aromatic heterocycles. The molecule has 6 nitrogen and oxygen atoms in total. The van der Waals surface area contributed by atoms with Crippen molar-refractivity contribution in [2.45, 2.75) is 65.5 Å². The summed E-state index contributed by atoms with van der Waals surface area (Å²) in [6, 6.07) is 2.21. The molecule has 2 N–H and O–H groups in total. The molecule has 0 bridgehead atoms. The Morgan fingerprint density at radius 3 is 2.38 bits per heavy atom. The molecule has 1 heterocycles. The highest BCUT2D eigenvalue weighted by molar-refractivity contribution is 6.37. The van der Waals surface area contributed by atoms with E-state index in [1.807, 2.05) is 13.8 Å². The van der Waals surface area contributed by atoms with Crippen LogP contribution in [0.3, 0.4) is 0 Å². The van der Waals surface area contributed by atoms with Gasteiger partial charge in [-0.15, -0.1) is 0 Å². The largest absolute Gasteiger partial charge is 0.490 e. The summed E-state index contributed by atoms with van der Waals surface area (Å²) in [6.07, 6.45) is 2.82. The smallest absolute Gasteiger partial charge is 0.338 e. The lowest BCUT2D eigenvalue weighted by molar-refractivity contribution is -0.143. The predicted molar refractivity (Wildman–Crippen MR) is 114 cm³/mol. The number of ether oxygens (including phenoxy) is 2. The number of hydrogen-bond donors (Lipinski definition) is 2. The maximum Gasteiger partial charge on any atom is 0.338 e. The van der Waals surface area contributed by atoms with Crippen molar-refractivity contribution < 1.29 is 19.1 Å². The molecule has 2 amide bonds. The molecule has 8 heteroatoms. The molecule has 1 aliphatic heterocycles. The first kappa shape index (κ1) is 23.4. The molecule has 160 valence electrons. The Hall–Kier alpha value is -1.92. The number of urea groups is 1. The zero-order valence-electron chi connectivity index (χ0n) is 17.2. The van der Waals surface area contributed by atoms with Gasteiger partial charge in [-0.3, -0.25) is 0 Å². The Morgan fingerprint density at radius 2 is 1.83 bits per heavy atom. The second-order valence-electron chi connectivity index (χ2n) is 7.14. The number of unbranched alkanes of at least 4 members (excludes halogenated alkanes) is 1. The molecule has 1 unspecified atom stereocenters. The van der Waals surface area contributed by atoms with Crippen molar-refractivity contribution >= 4 is 35.2 Å². The van der Waals surface area contributed by atoms with Crippen molar-refractivity contribution in [3.63, 3.8) is 0 Å². The summed E-state index contributed by atoms with van der Waals surface area (Å²) in [7, 11) is 0. The van der Waals surface area contributed by atoms with E-state index < -0.39 is 12.0 Å². The zero-order chi connectivity index (χ0) is 21.6. The highest BCUT2D eigenvalue weighted by atomic mass is 35.5. The van der Waals surface area contributed by atoms with Gasteiger partial charge in [0.1, 0.15) is 0 Å². The van der Waals surface area contributed by atoms with Crippen LogP contribution in [-0.4, -0.2) is 24.7 Å². The van der Waals surface area contributed by atoms with Gasteiger partial charge in [-0.1, -0.05) is 43.5 Å². The van der Waals surface area contributed by atoms with Gasteiger partial charge in [-0.05, 0) is 50.8 Å². The maximum atomic E-state index is 12.9. The fourth-order valence-electron chi connectivity index (χ4n) is 3.03. The van der Waals surface area contributed by atoms with Crippen molar-refractivity contribution in [3.05, 3.63) is 39.0 Å². The number of esters is 1. The molecular weight excluding hydrogens is 415 g/mol. The summed E-state index contributed by atoms with van der Waals surface area (Å²) in [5.74, 6) is -0.0946. The number of nitrogens with one attached hydrogen (secondary N) is 2. The Balaban J connectivity index is 2.51. The number of allylic oxidation sites excluding steroid dienone is 1. The standard InChI is InChI=1S/C21H28Cl2N2O4/c1-5-7-8-16-17(20(26)29-12(3)4)18(25-21(27)24-16)13-10-14(22)19(15(23)11-13)28-9-6-2/h10-12,18H,5-9H2,1-4H3,(H2,24,25,27). The number of halogens is 2. The average Bonchev–Trinajstić information content (AvgIpc) is 2.64. The van der Waals surface area contributed by atoms with Gasteiger partial charge in [-0.25, -0.2) is 9.59 Å². The lowest BCUT2D eigenvalue weighted by Gasteiger charge is -2.30. The van der Waals surface area contributed by atoms with E-state index in [-0.39, 0.29) is 12.1 Å². The van der Waals surface area contributed by atoms with Crippen molar-refractivity contribution in [2.75, 3.05) is 6.61 Å².